The molecule has 70 valence electrons. The lowest BCUT2D eigenvalue weighted by molar-refractivity contribution is 0.0600. The van der Waals surface area contributed by atoms with Gasteiger partial charge in [0.1, 0.15) is 0 Å². The van der Waals surface area contributed by atoms with Crippen LogP contribution in [0, 0.1) is 6.92 Å². The smallest absolute Gasteiger partial charge is 0.338 e. The van der Waals surface area contributed by atoms with Crippen molar-refractivity contribution in [3.8, 4) is 0 Å². The summed E-state index contributed by atoms with van der Waals surface area (Å²) in [5, 5.41) is 3.00. The van der Waals surface area contributed by atoms with E-state index in [0.717, 1.165) is 11.3 Å². The lowest BCUT2D eigenvalue weighted by atomic mass is 10.1. The van der Waals surface area contributed by atoms with E-state index in [-0.39, 0.29) is 5.97 Å². The number of methoxy groups -OCH3 is 1. The molecule has 0 aliphatic rings. The van der Waals surface area contributed by atoms with E-state index in [9.17, 15) is 4.79 Å². The summed E-state index contributed by atoms with van der Waals surface area (Å²) in [5.74, 6) is -0.292. The highest BCUT2D eigenvalue weighted by atomic mass is 16.5. The van der Waals surface area contributed by atoms with Crippen LogP contribution in [0.1, 0.15) is 15.9 Å². The number of benzene rings is 1. The number of nitrogens with one attached hydrogen (secondary N) is 1. The standard InChI is InChI=1S/C10H13NO2/c1-7-6-8(11-2)4-5-9(7)10(12)13-3/h4-6,11H,1-3H3. The van der Waals surface area contributed by atoms with Crippen LogP contribution in [0.3, 0.4) is 0 Å². The summed E-state index contributed by atoms with van der Waals surface area (Å²) in [4.78, 5) is 11.2. The summed E-state index contributed by atoms with van der Waals surface area (Å²) in [6, 6.07) is 5.51. The van der Waals surface area contributed by atoms with Gasteiger partial charge in [-0.2, -0.15) is 0 Å². The van der Waals surface area contributed by atoms with Crippen LogP contribution >= 0.6 is 0 Å². The fourth-order valence-electron chi connectivity index (χ4n) is 1.16. The van der Waals surface area contributed by atoms with Crippen LogP contribution in [0.15, 0.2) is 18.2 Å². The van der Waals surface area contributed by atoms with Crippen molar-refractivity contribution in [1.29, 1.82) is 0 Å². The lowest BCUT2D eigenvalue weighted by Gasteiger charge is -2.05. The minimum absolute atomic E-state index is 0.292. The molecule has 3 nitrogen and oxygen atoms in total. The fourth-order valence-corrected chi connectivity index (χ4v) is 1.16. The van der Waals surface area contributed by atoms with E-state index >= 15 is 0 Å². The molecule has 1 N–H and O–H groups in total. The number of carbonyl (C=O) groups excluding carboxylic acids is 1. The Bertz CT molecular complexity index is 321. The molecule has 1 rings (SSSR count). The molecule has 0 atom stereocenters. The minimum Gasteiger partial charge on any atom is -0.465 e. The Morgan fingerprint density at radius 3 is 2.62 bits per heavy atom. The van der Waals surface area contributed by atoms with Crippen molar-refractivity contribution in [1.82, 2.24) is 0 Å². The molecule has 0 saturated heterocycles. The van der Waals surface area contributed by atoms with E-state index in [1.807, 2.05) is 26.1 Å². The number of carbonyl (C=O) groups is 1. The van der Waals surface area contributed by atoms with Crippen molar-refractivity contribution in [2.75, 3.05) is 19.5 Å². The highest BCUT2D eigenvalue weighted by Gasteiger charge is 2.08. The van der Waals surface area contributed by atoms with Crippen molar-refractivity contribution in [3.05, 3.63) is 29.3 Å². The fraction of sp³-hybridized carbons (Fsp3) is 0.300. The van der Waals surface area contributed by atoms with Gasteiger partial charge in [-0.25, -0.2) is 4.79 Å². The molecular formula is C10H13NO2. The normalized spacial score (nSPS) is 9.46. The van der Waals surface area contributed by atoms with Gasteiger partial charge in [-0.05, 0) is 30.7 Å². The molecule has 1 aromatic carbocycles. The Kier molecular flexibility index (Phi) is 2.90. The van der Waals surface area contributed by atoms with E-state index in [1.165, 1.54) is 7.11 Å². The zero-order chi connectivity index (χ0) is 9.84. The Morgan fingerprint density at radius 1 is 1.46 bits per heavy atom. The van der Waals surface area contributed by atoms with Crippen LogP contribution in [-0.4, -0.2) is 20.1 Å². The third kappa shape index (κ3) is 1.99. The van der Waals surface area contributed by atoms with Gasteiger partial charge in [-0.1, -0.05) is 0 Å². The van der Waals surface area contributed by atoms with Crippen LogP contribution in [-0.2, 0) is 4.74 Å². The molecular weight excluding hydrogens is 166 g/mol. The highest BCUT2D eigenvalue weighted by Crippen LogP contribution is 2.15. The molecule has 0 bridgehead atoms. The van der Waals surface area contributed by atoms with Crippen LogP contribution in [0.2, 0.25) is 0 Å². The van der Waals surface area contributed by atoms with Gasteiger partial charge in [0, 0.05) is 12.7 Å². The van der Waals surface area contributed by atoms with E-state index in [0.29, 0.717) is 5.56 Å². The first-order chi connectivity index (χ1) is 6.19. The van der Waals surface area contributed by atoms with Crippen LogP contribution in [0.25, 0.3) is 0 Å². The first-order valence-corrected chi connectivity index (χ1v) is 4.05. The van der Waals surface area contributed by atoms with E-state index in [1.54, 1.807) is 6.07 Å². The average molecular weight is 179 g/mol. The second kappa shape index (κ2) is 3.94. The lowest BCUT2D eigenvalue weighted by Crippen LogP contribution is -2.04. The van der Waals surface area contributed by atoms with Crippen molar-refractivity contribution in [2.45, 2.75) is 6.92 Å². The quantitative estimate of drug-likeness (QED) is 0.704. The molecule has 0 fully saturated rings. The maximum absolute atomic E-state index is 11.2. The van der Waals surface area contributed by atoms with Gasteiger partial charge in [0.05, 0.1) is 12.7 Å². The summed E-state index contributed by atoms with van der Waals surface area (Å²) in [7, 11) is 3.22. The van der Waals surface area contributed by atoms with Crippen LogP contribution in [0.5, 0.6) is 0 Å². The number of ether oxygens (including phenoxy) is 1. The van der Waals surface area contributed by atoms with Gasteiger partial charge in [0.15, 0.2) is 0 Å². The molecule has 13 heavy (non-hydrogen) atoms. The van der Waals surface area contributed by atoms with Crippen molar-refractivity contribution >= 4 is 11.7 Å². The number of hydrogen-bond donors (Lipinski definition) is 1. The number of esters is 1. The van der Waals surface area contributed by atoms with Crippen molar-refractivity contribution in [2.24, 2.45) is 0 Å². The number of anilines is 1. The summed E-state index contributed by atoms with van der Waals surface area (Å²) in [5.41, 5.74) is 2.52. The third-order valence-electron chi connectivity index (χ3n) is 1.92. The Morgan fingerprint density at radius 2 is 2.15 bits per heavy atom. The largest absolute Gasteiger partial charge is 0.465 e. The zero-order valence-electron chi connectivity index (χ0n) is 8.05. The molecule has 3 heteroatoms. The van der Waals surface area contributed by atoms with E-state index < -0.39 is 0 Å². The van der Waals surface area contributed by atoms with Gasteiger partial charge >= 0.3 is 5.97 Å². The first-order valence-electron chi connectivity index (χ1n) is 4.05. The Balaban J connectivity index is 3.05. The van der Waals surface area contributed by atoms with Crippen LogP contribution in [0.4, 0.5) is 5.69 Å². The number of hydrogen-bond acceptors (Lipinski definition) is 3. The predicted molar refractivity (Wildman–Crippen MR) is 52.1 cm³/mol. The Labute approximate surface area is 77.7 Å². The van der Waals surface area contributed by atoms with E-state index in [4.69, 9.17) is 0 Å². The summed E-state index contributed by atoms with van der Waals surface area (Å²) in [6.07, 6.45) is 0. The molecule has 0 aromatic heterocycles. The molecule has 0 amide bonds. The zero-order valence-corrected chi connectivity index (χ0v) is 8.05. The van der Waals surface area contributed by atoms with Crippen molar-refractivity contribution < 1.29 is 9.53 Å². The van der Waals surface area contributed by atoms with Gasteiger partial charge in [0.25, 0.3) is 0 Å². The highest BCUT2D eigenvalue weighted by molar-refractivity contribution is 5.91. The third-order valence-corrected chi connectivity index (χ3v) is 1.92. The summed E-state index contributed by atoms with van der Waals surface area (Å²) >= 11 is 0. The van der Waals surface area contributed by atoms with Gasteiger partial charge < -0.3 is 10.1 Å². The topological polar surface area (TPSA) is 38.3 Å². The number of rotatable bonds is 2. The molecule has 0 aliphatic heterocycles. The second-order valence-corrected chi connectivity index (χ2v) is 2.77. The molecule has 0 heterocycles. The average Bonchev–Trinajstić information content (AvgIpc) is 2.16. The van der Waals surface area contributed by atoms with Gasteiger partial charge in [-0.3, -0.25) is 0 Å². The summed E-state index contributed by atoms with van der Waals surface area (Å²) in [6.45, 7) is 1.88. The SMILES string of the molecule is CNc1ccc(C(=O)OC)c(C)c1. The molecule has 0 unspecified atom stereocenters. The molecule has 0 radical (unpaired) electrons. The predicted octanol–water partition coefficient (Wildman–Crippen LogP) is 1.82. The van der Waals surface area contributed by atoms with E-state index in [2.05, 4.69) is 10.1 Å². The monoisotopic (exact) mass is 179 g/mol. The van der Waals surface area contributed by atoms with Crippen molar-refractivity contribution in [3.63, 3.8) is 0 Å². The molecule has 1 aromatic rings. The number of aryl methyl sites for hydroxylation is 1. The molecule has 0 saturated carbocycles. The maximum atomic E-state index is 11.2. The minimum atomic E-state index is -0.292. The first kappa shape index (κ1) is 9.58. The van der Waals surface area contributed by atoms with Crippen LogP contribution < -0.4 is 5.32 Å². The second-order valence-electron chi connectivity index (χ2n) is 2.77. The molecule has 0 spiro atoms. The summed E-state index contributed by atoms with van der Waals surface area (Å²) < 4.78 is 4.63. The maximum Gasteiger partial charge on any atom is 0.338 e. The Hall–Kier alpha value is -1.51. The van der Waals surface area contributed by atoms with Gasteiger partial charge in [-0.15, -0.1) is 0 Å². The molecule has 0 aliphatic carbocycles. The van der Waals surface area contributed by atoms with Gasteiger partial charge in [0.2, 0.25) is 0 Å².